The van der Waals surface area contributed by atoms with Crippen LogP contribution < -0.4 is 20.1 Å². The highest BCUT2D eigenvalue weighted by molar-refractivity contribution is 5.76. The first-order valence-corrected chi connectivity index (χ1v) is 8.31. The van der Waals surface area contributed by atoms with Crippen molar-refractivity contribution in [3.8, 4) is 11.5 Å². The molecule has 0 saturated carbocycles. The molecule has 0 fully saturated rings. The van der Waals surface area contributed by atoms with Gasteiger partial charge >= 0.3 is 0 Å². The molecule has 5 nitrogen and oxygen atoms in total. The van der Waals surface area contributed by atoms with Crippen LogP contribution in [0.1, 0.15) is 12.0 Å². The number of anilines is 1. The fraction of sp³-hybridized carbons (Fsp3) is 0.316. The van der Waals surface area contributed by atoms with Gasteiger partial charge in [-0.1, -0.05) is 6.07 Å². The molecule has 8 heteroatoms. The van der Waals surface area contributed by atoms with Crippen LogP contribution in [0, 0.1) is 17.5 Å². The van der Waals surface area contributed by atoms with Gasteiger partial charge in [0, 0.05) is 19.5 Å². The van der Waals surface area contributed by atoms with Crippen LogP contribution in [0.2, 0.25) is 0 Å². The largest absolute Gasteiger partial charge is 0.493 e. The second kappa shape index (κ2) is 9.70. The predicted octanol–water partition coefficient (Wildman–Crippen LogP) is 3.28. The van der Waals surface area contributed by atoms with Gasteiger partial charge in [0.2, 0.25) is 5.91 Å². The predicted molar refractivity (Wildman–Crippen MR) is 95.7 cm³/mol. The van der Waals surface area contributed by atoms with E-state index in [2.05, 4.69) is 10.6 Å². The van der Waals surface area contributed by atoms with E-state index in [4.69, 9.17) is 9.47 Å². The van der Waals surface area contributed by atoms with Crippen molar-refractivity contribution >= 4 is 11.6 Å². The van der Waals surface area contributed by atoms with Crippen LogP contribution in [0.25, 0.3) is 0 Å². The quantitative estimate of drug-likeness (QED) is 0.654. The first-order chi connectivity index (χ1) is 13.0. The van der Waals surface area contributed by atoms with E-state index in [1.54, 1.807) is 20.3 Å². The molecule has 27 heavy (non-hydrogen) atoms. The SMILES string of the molecule is COc1ccc(CCNC(=O)CCNc2ccc(F)c(F)c2F)cc1OC. The van der Waals surface area contributed by atoms with E-state index >= 15 is 0 Å². The first-order valence-electron chi connectivity index (χ1n) is 8.31. The minimum absolute atomic E-state index is 0.0599. The molecule has 1 amide bonds. The maximum absolute atomic E-state index is 13.5. The Kier molecular flexibility index (Phi) is 7.34. The van der Waals surface area contributed by atoms with Crippen LogP contribution in [0.15, 0.2) is 30.3 Å². The summed E-state index contributed by atoms with van der Waals surface area (Å²) in [6, 6.07) is 7.41. The Balaban J connectivity index is 1.75. The molecule has 0 atom stereocenters. The van der Waals surface area contributed by atoms with Crippen molar-refractivity contribution in [2.24, 2.45) is 0 Å². The fourth-order valence-corrected chi connectivity index (χ4v) is 2.44. The Labute approximate surface area is 155 Å². The lowest BCUT2D eigenvalue weighted by atomic mass is 10.1. The van der Waals surface area contributed by atoms with Crippen molar-refractivity contribution in [1.29, 1.82) is 0 Å². The van der Waals surface area contributed by atoms with Crippen LogP contribution in [0.5, 0.6) is 11.5 Å². The molecule has 0 bridgehead atoms. The number of carbonyl (C=O) groups excluding carboxylic acids is 1. The molecule has 0 unspecified atom stereocenters. The van der Waals surface area contributed by atoms with E-state index < -0.39 is 17.5 Å². The van der Waals surface area contributed by atoms with E-state index in [1.807, 2.05) is 12.1 Å². The smallest absolute Gasteiger partial charge is 0.221 e. The third-order valence-electron chi connectivity index (χ3n) is 3.89. The lowest BCUT2D eigenvalue weighted by Gasteiger charge is -2.11. The van der Waals surface area contributed by atoms with Gasteiger partial charge in [-0.2, -0.15) is 0 Å². The minimum atomic E-state index is -1.54. The first kappa shape index (κ1) is 20.4. The van der Waals surface area contributed by atoms with Crippen LogP contribution in [-0.2, 0) is 11.2 Å². The molecule has 0 aliphatic heterocycles. The van der Waals surface area contributed by atoms with E-state index in [0.717, 1.165) is 17.7 Å². The van der Waals surface area contributed by atoms with Crippen LogP contribution >= 0.6 is 0 Å². The number of hydrogen-bond acceptors (Lipinski definition) is 4. The molecule has 2 rings (SSSR count). The Bertz CT molecular complexity index is 800. The van der Waals surface area contributed by atoms with Crippen LogP contribution in [-0.4, -0.2) is 33.2 Å². The van der Waals surface area contributed by atoms with Gasteiger partial charge in [0.05, 0.1) is 19.9 Å². The molecule has 0 heterocycles. The fourth-order valence-electron chi connectivity index (χ4n) is 2.44. The normalized spacial score (nSPS) is 10.4. The second-order valence-electron chi connectivity index (χ2n) is 5.69. The molecule has 0 radical (unpaired) electrons. The van der Waals surface area contributed by atoms with Crippen molar-refractivity contribution in [2.75, 3.05) is 32.6 Å². The Hall–Kier alpha value is -2.90. The zero-order valence-corrected chi connectivity index (χ0v) is 15.1. The van der Waals surface area contributed by atoms with Crippen molar-refractivity contribution < 1.29 is 27.4 Å². The summed E-state index contributed by atoms with van der Waals surface area (Å²) in [6.07, 6.45) is 0.654. The topological polar surface area (TPSA) is 59.6 Å². The average Bonchev–Trinajstić information content (AvgIpc) is 2.67. The van der Waals surface area contributed by atoms with Gasteiger partial charge in [0.25, 0.3) is 0 Å². The average molecular weight is 382 g/mol. The number of halogens is 3. The van der Waals surface area contributed by atoms with Crippen molar-refractivity contribution in [2.45, 2.75) is 12.8 Å². The van der Waals surface area contributed by atoms with Crippen molar-refractivity contribution in [3.63, 3.8) is 0 Å². The summed E-state index contributed by atoms with van der Waals surface area (Å²) in [5.74, 6) is -3.11. The summed E-state index contributed by atoms with van der Waals surface area (Å²) in [5, 5.41) is 5.31. The summed E-state index contributed by atoms with van der Waals surface area (Å²) >= 11 is 0. The molecule has 0 aromatic heterocycles. The highest BCUT2D eigenvalue weighted by Crippen LogP contribution is 2.27. The molecule has 2 N–H and O–H groups in total. The number of hydrogen-bond donors (Lipinski definition) is 2. The maximum atomic E-state index is 13.5. The summed E-state index contributed by atoms with van der Waals surface area (Å²) in [7, 11) is 3.10. The van der Waals surface area contributed by atoms with E-state index in [-0.39, 0.29) is 24.6 Å². The van der Waals surface area contributed by atoms with Crippen molar-refractivity contribution in [1.82, 2.24) is 5.32 Å². The van der Waals surface area contributed by atoms with Gasteiger partial charge in [0.1, 0.15) is 0 Å². The third-order valence-corrected chi connectivity index (χ3v) is 3.89. The molecule has 2 aromatic rings. The summed E-state index contributed by atoms with van der Waals surface area (Å²) < 4.78 is 49.9. The lowest BCUT2D eigenvalue weighted by Crippen LogP contribution is -2.27. The van der Waals surface area contributed by atoms with Gasteiger partial charge in [-0.25, -0.2) is 13.2 Å². The minimum Gasteiger partial charge on any atom is -0.493 e. The molecular formula is C19H21F3N2O3. The van der Waals surface area contributed by atoms with Gasteiger partial charge in [0.15, 0.2) is 29.0 Å². The number of rotatable bonds is 9. The van der Waals surface area contributed by atoms with Gasteiger partial charge in [-0.15, -0.1) is 0 Å². The summed E-state index contributed by atoms with van der Waals surface area (Å²) in [4.78, 5) is 11.8. The standard InChI is InChI=1S/C19H21F3N2O3/c1-26-15-6-3-12(11-16(15)27-2)7-9-24-17(25)8-10-23-14-5-4-13(20)18(21)19(14)22/h3-6,11,23H,7-10H2,1-2H3,(H,24,25). The number of amides is 1. The molecule has 2 aromatic carbocycles. The Morgan fingerprint density at radius 1 is 0.963 bits per heavy atom. The molecule has 0 aliphatic carbocycles. The van der Waals surface area contributed by atoms with Crippen LogP contribution in [0.3, 0.4) is 0 Å². The summed E-state index contributed by atoms with van der Waals surface area (Å²) in [6.45, 7) is 0.498. The van der Waals surface area contributed by atoms with E-state index in [0.29, 0.717) is 24.5 Å². The van der Waals surface area contributed by atoms with Gasteiger partial charge in [-0.3, -0.25) is 4.79 Å². The molecule has 0 saturated heterocycles. The highest BCUT2D eigenvalue weighted by atomic mass is 19.2. The van der Waals surface area contributed by atoms with Gasteiger partial charge in [-0.05, 0) is 36.2 Å². The Morgan fingerprint density at radius 3 is 2.41 bits per heavy atom. The lowest BCUT2D eigenvalue weighted by molar-refractivity contribution is -0.120. The second-order valence-corrected chi connectivity index (χ2v) is 5.69. The maximum Gasteiger partial charge on any atom is 0.221 e. The zero-order valence-electron chi connectivity index (χ0n) is 15.1. The number of carbonyl (C=O) groups is 1. The monoisotopic (exact) mass is 382 g/mol. The Morgan fingerprint density at radius 2 is 1.70 bits per heavy atom. The summed E-state index contributed by atoms with van der Waals surface area (Å²) in [5.41, 5.74) is 0.780. The van der Waals surface area contributed by atoms with E-state index in [9.17, 15) is 18.0 Å². The van der Waals surface area contributed by atoms with Gasteiger partial charge < -0.3 is 20.1 Å². The molecule has 146 valence electrons. The number of nitrogens with one attached hydrogen (secondary N) is 2. The number of methoxy groups -OCH3 is 2. The third kappa shape index (κ3) is 5.54. The number of benzene rings is 2. The molecule has 0 spiro atoms. The van der Waals surface area contributed by atoms with Crippen molar-refractivity contribution in [3.05, 3.63) is 53.3 Å². The molecule has 0 aliphatic rings. The van der Waals surface area contributed by atoms with E-state index in [1.165, 1.54) is 0 Å². The highest BCUT2D eigenvalue weighted by Gasteiger charge is 2.13. The zero-order chi connectivity index (χ0) is 19.8. The number of ether oxygens (including phenoxy) is 2. The molecular weight excluding hydrogens is 361 g/mol. The van der Waals surface area contributed by atoms with Crippen LogP contribution in [0.4, 0.5) is 18.9 Å².